The van der Waals surface area contributed by atoms with Gasteiger partial charge in [0.05, 0.1) is 28.0 Å². The molecule has 0 aliphatic heterocycles. The maximum Gasteiger partial charge on any atom is 0.104 e. The highest BCUT2D eigenvalue weighted by Crippen LogP contribution is 2.32. The van der Waals surface area contributed by atoms with Crippen LogP contribution < -0.4 is 5.73 Å². The molecule has 0 saturated carbocycles. The van der Waals surface area contributed by atoms with Crippen LogP contribution in [-0.2, 0) is 0 Å². The smallest absolute Gasteiger partial charge is 0.104 e. The molecule has 19 heavy (non-hydrogen) atoms. The predicted octanol–water partition coefficient (Wildman–Crippen LogP) is 4.03. The van der Waals surface area contributed by atoms with Crippen LogP contribution in [0.5, 0.6) is 0 Å². The highest BCUT2D eigenvalue weighted by Gasteiger charge is 2.15. The minimum absolute atomic E-state index is 0.136. The molecule has 0 aliphatic rings. The fraction of sp³-hybridized carbons (Fsp3) is 0.333. The fourth-order valence-corrected chi connectivity index (χ4v) is 2.76. The lowest BCUT2D eigenvalue weighted by atomic mass is 10.1. The third kappa shape index (κ3) is 3.20. The van der Waals surface area contributed by atoms with Crippen LogP contribution in [0.1, 0.15) is 31.5 Å². The lowest BCUT2D eigenvalue weighted by molar-refractivity contribution is 0.619. The molecule has 1 unspecified atom stereocenters. The molecule has 2 aromatic rings. The van der Waals surface area contributed by atoms with Gasteiger partial charge in [-0.1, -0.05) is 53.4 Å². The second-order valence-electron chi connectivity index (χ2n) is 4.20. The molecule has 0 aliphatic carbocycles. The molecule has 7 heteroatoms. The summed E-state index contributed by atoms with van der Waals surface area (Å²) in [5.74, 6) is 0. The van der Waals surface area contributed by atoms with Crippen molar-refractivity contribution in [2.75, 3.05) is 0 Å². The summed E-state index contributed by atoms with van der Waals surface area (Å²) in [5, 5.41) is 9.37. The zero-order valence-electron chi connectivity index (χ0n) is 10.3. The average molecular weight is 320 g/mol. The Labute approximate surface area is 126 Å². The zero-order valence-corrected chi connectivity index (χ0v) is 12.5. The van der Waals surface area contributed by atoms with Crippen molar-refractivity contribution in [1.29, 1.82) is 0 Å². The first-order chi connectivity index (χ1) is 9.02. The van der Waals surface area contributed by atoms with Crippen LogP contribution in [-0.4, -0.2) is 15.0 Å². The van der Waals surface area contributed by atoms with Crippen molar-refractivity contribution < 1.29 is 0 Å². The first kappa shape index (κ1) is 14.6. The Balaban J connectivity index is 2.38. The maximum absolute atomic E-state index is 6.13. The van der Waals surface area contributed by atoms with E-state index in [1.807, 2.05) is 0 Å². The van der Waals surface area contributed by atoms with Gasteiger partial charge < -0.3 is 5.73 Å². The molecule has 0 bridgehead atoms. The van der Waals surface area contributed by atoms with Gasteiger partial charge in [-0.25, -0.2) is 4.68 Å². The third-order valence-electron chi connectivity index (χ3n) is 2.70. The molecule has 0 radical (unpaired) electrons. The van der Waals surface area contributed by atoms with E-state index < -0.39 is 0 Å². The number of halogens is 3. The van der Waals surface area contributed by atoms with Crippen LogP contribution in [0.2, 0.25) is 15.1 Å². The Kier molecular flexibility index (Phi) is 4.68. The van der Waals surface area contributed by atoms with Gasteiger partial charge in [-0.3, -0.25) is 0 Å². The molecule has 0 amide bonds. The van der Waals surface area contributed by atoms with E-state index in [1.54, 1.807) is 18.3 Å². The van der Waals surface area contributed by atoms with E-state index >= 15 is 0 Å². The molecule has 0 spiro atoms. The zero-order chi connectivity index (χ0) is 14.0. The molecule has 0 fully saturated rings. The second-order valence-corrected chi connectivity index (χ2v) is 5.45. The molecule has 2 rings (SSSR count). The van der Waals surface area contributed by atoms with Crippen LogP contribution in [0, 0.1) is 0 Å². The number of hydrogen-bond donors (Lipinski definition) is 1. The van der Waals surface area contributed by atoms with Crippen LogP contribution in [0.4, 0.5) is 0 Å². The number of aromatic nitrogens is 3. The summed E-state index contributed by atoms with van der Waals surface area (Å²) in [5.41, 5.74) is 7.26. The van der Waals surface area contributed by atoms with Crippen LogP contribution in [0.3, 0.4) is 0 Å². The van der Waals surface area contributed by atoms with Crippen molar-refractivity contribution in [2.24, 2.45) is 5.73 Å². The first-order valence-corrected chi connectivity index (χ1v) is 6.99. The monoisotopic (exact) mass is 318 g/mol. The summed E-state index contributed by atoms with van der Waals surface area (Å²) in [4.78, 5) is 0. The van der Waals surface area contributed by atoms with E-state index in [0.717, 1.165) is 12.8 Å². The Morgan fingerprint density at radius 3 is 2.47 bits per heavy atom. The van der Waals surface area contributed by atoms with Gasteiger partial charge in [0.15, 0.2) is 0 Å². The summed E-state index contributed by atoms with van der Waals surface area (Å²) in [7, 11) is 0. The van der Waals surface area contributed by atoms with Crippen molar-refractivity contribution in [3.8, 4) is 5.69 Å². The Morgan fingerprint density at radius 1 is 1.26 bits per heavy atom. The molecule has 1 atom stereocenters. The van der Waals surface area contributed by atoms with Crippen LogP contribution >= 0.6 is 34.8 Å². The van der Waals surface area contributed by atoms with Crippen molar-refractivity contribution in [1.82, 2.24) is 15.0 Å². The van der Waals surface area contributed by atoms with E-state index in [-0.39, 0.29) is 6.04 Å². The standard InChI is InChI=1S/C12H13Cl3N4/c1-2-3-10(16)11-6-19(18-17-11)12-8(14)4-7(13)5-9(12)15/h4-6,10H,2-3,16H2,1H3. The van der Waals surface area contributed by atoms with Gasteiger partial charge in [0.1, 0.15) is 5.69 Å². The molecule has 1 heterocycles. The van der Waals surface area contributed by atoms with Gasteiger partial charge in [0.2, 0.25) is 0 Å². The predicted molar refractivity (Wildman–Crippen MR) is 78.2 cm³/mol. The topological polar surface area (TPSA) is 56.7 Å². The van der Waals surface area contributed by atoms with Gasteiger partial charge in [-0.2, -0.15) is 0 Å². The average Bonchev–Trinajstić information content (AvgIpc) is 2.77. The van der Waals surface area contributed by atoms with E-state index in [1.165, 1.54) is 4.68 Å². The van der Waals surface area contributed by atoms with Gasteiger partial charge in [0, 0.05) is 5.02 Å². The van der Waals surface area contributed by atoms with Crippen molar-refractivity contribution in [3.05, 3.63) is 39.1 Å². The first-order valence-electron chi connectivity index (χ1n) is 5.85. The Morgan fingerprint density at radius 2 is 1.89 bits per heavy atom. The summed E-state index contributed by atoms with van der Waals surface area (Å²) in [6, 6.07) is 3.08. The molecule has 1 aromatic carbocycles. The largest absolute Gasteiger partial charge is 0.323 e. The summed E-state index contributed by atoms with van der Waals surface area (Å²) >= 11 is 18.1. The number of benzene rings is 1. The highest BCUT2D eigenvalue weighted by molar-refractivity contribution is 6.40. The minimum Gasteiger partial charge on any atom is -0.323 e. The molecular formula is C12H13Cl3N4. The molecule has 1 aromatic heterocycles. The van der Waals surface area contributed by atoms with Gasteiger partial charge in [0.25, 0.3) is 0 Å². The number of hydrogen-bond acceptors (Lipinski definition) is 3. The van der Waals surface area contributed by atoms with Gasteiger partial charge in [-0.15, -0.1) is 5.10 Å². The normalized spacial score (nSPS) is 12.7. The molecule has 0 saturated heterocycles. The van der Waals surface area contributed by atoms with Crippen molar-refractivity contribution >= 4 is 34.8 Å². The SMILES string of the molecule is CCCC(N)c1cn(-c2c(Cl)cc(Cl)cc2Cl)nn1. The Bertz CT molecular complexity index is 559. The fourth-order valence-electron chi connectivity index (χ4n) is 1.77. The van der Waals surface area contributed by atoms with E-state index in [0.29, 0.717) is 26.4 Å². The maximum atomic E-state index is 6.13. The third-order valence-corrected chi connectivity index (χ3v) is 3.50. The molecule has 4 nitrogen and oxygen atoms in total. The van der Waals surface area contributed by atoms with E-state index in [2.05, 4.69) is 17.2 Å². The quantitative estimate of drug-likeness (QED) is 0.925. The summed E-state index contributed by atoms with van der Waals surface area (Å²) in [6.45, 7) is 2.07. The lowest BCUT2D eigenvalue weighted by Crippen LogP contribution is -2.10. The van der Waals surface area contributed by atoms with E-state index in [9.17, 15) is 0 Å². The van der Waals surface area contributed by atoms with Crippen LogP contribution in [0.15, 0.2) is 18.3 Å². The number of rotatable bonds is 4. The second kappa shape index (κ2) is 6.09. The molecular weight excluding hydrogens is 307 g/mol. The Hall–Kier alpha value is -0.810. The van der Waals surface area contributed by atoms with Crippen molar-refractivity contribution in [3.63, 3.8) is 0 Å². The summed E-state index contributed by atoms with van der Waals surface area (Å²) < 4.78 is 1.52. The molecule has 102 valence electrons. The van der Waals surface area contributed by atoms with Gasteiger partial charge >= 0.3 is 0 Å². The van der Waals surface area contributed by atoms with E-state index in [4.69, 9.17) is 40.5 Å². The number of nitrogens with two attached hydrogens (primary N) is 1. The van der Waals surface area contributed by atoms with Gasteiger partial charge in [-0.05, 0) is 18.6 Å². The summed E-state index contributed by atoms with van der Waals surface area (Å²) in [6.07, 6.45) is 3.57. The minimum atomic E-state index is -0.136. The molecule has 2 N–H and O–H groups in total. The van der Waals surface area contributed by atoms with Crippen LogP contribution in [0.25, 0.3) is 5.69 Å². The number of nitrogens with zero attached hydrogens (tertiary/aromatic N) is 3. The lowest BCUT2D eigenvalue weighted by Gasteiger charge is -2.07. The van der Waals surface area contributed by atoms with Crippen molar-refractivity contribution in [2.45, 2.75) is 25.8 Å². The highest BCUT2D eigenvalue weighted by atomic mass is 35.5.